The first-order valence-electron chi connectivity index (χ1n) is 5.84. The Morgan fingerprint density at radius 1 is 1.33 bits per heavy atom. The molecule has 18 heavy (non-hydrogen) atoms. The Kier molecular flexibility index (Phi) is 5.83. The lowest BCUT2D eigenvalue weighted by molar-refractivity contribution is -0.0475. The molecule has 0 fully saturated rings. The summed E-state index contributed by atoms with van der Waals surface area (Å²) >= 11 is 0. The zero-order valence-corrected chi connectivity index (χ0v) is 11.1. The predicted molar refractivity (Wildman–Crippen MR) is 73.4 cm³/mol. The molecule has 0 aliphatic carbocycles. The molecule has 1 atom stereocenters. The van der Waals surface area contributed by atoms with E-state index in [9.17, 15) is 0 Å². The zero-order chi connectivity index (χ0) is 13.4. The maximum Gasteiger partial charge on any atom is 0.147 e. The van der Waals surface area contributed by atoms with E-state index in [0.29, 0.717) is 6.61 Å². The summed E-state index contributed by atoms with van der Waals surface area (Å²) < 4.78 is 5.39. The van der Waals surface area contributed by atoms with Crippen LogP contribution in [0.1, 0.15) is 13.8 Å². The topological polar surface area (TPSA) is 21.7 Å². The molecule has 0 heterocycles. The van der Waals surface area contributed by atoms with Crippen LogP contribution in [0.25, 0.3) is 0 Å². The van der Waals surface area contributed by atoms with Gasteiger partial charge in [0.15, 0.2) is 0 Å². The molecule has 0 saturated heterocycles. The summed E-state index contributed by atoms with van der Waals surface area (Å²) in [4.78, 5) is 5.64. The Hall–Kier alpha value is -1.92. The second-order valence-electron chi connectivity index (χ2n) is 3.78. The van der Waals surface area contributed by atoms with Crippen LogP contribution in [0.2, 0.25) is 0 Å². The highest BCUT2D eigenvalue weighted by molar-refractivity contribution is 5.31. The lowest BCUT2D eigenvalue weighted by Crippen LogP contribution is -2.31. The van der Waals surface area contributed by atoms with Crippen molar-refractivity contribution in [3.8, 4) is 23.3 Å². The summed E-state index contributed by atoms with van der Waals surface area (Å²) in [7, 11) is 1.86. The average molecular weight is 245 g/mol. The molecule has 0 radical (unpaired) electrons. The average Bonchev–Trinajstić information content (AvgIpc) is 2.38. The first-order valence-corrected chi connectivity index (χ1v) is 5.84. The van der Waals surface area contributed by atoms with Crippen LogP contribution in [0.4, 0.5) is 0 Å². The third kappa shape index (κ3) is 4.52. The zero-order valence-electron chi connectivity index (χ0n) is 11.1. The molecule has 1 rings (SSSR count). The lowest BCUT2D eigenvalue weighted by Gasteiger charge is -2.20. The summed E-state index contributed by atoms with van der Waals surface area (Å²) in [6, 6.07) is 7.50. The van der Waals surface area contributed by atoms with Gasteiger partial charge in [0.05, 0.1) is 0 Å². The largest absolute Gasteiger partial charge is 0.490 e. The molecule has 1 aromatic rings. The molecule has 0 bridgehead atoms. The number of rotatable bonds is 6. The van der Waals surface area contributed by atoms with E-state index in [2.05, 4.69) is 18.4 Å². The van der Waals surface area contributed by atoms with Crippen molar-refractivity contribution in [1.29, 1.82) is 0 Å². The standard InChI is InChI=1S/C15H19NO2/c1-5-7-13(3)16(4)18-15-10-8-14(9-11-15)17-12-6-2/h6,8-11,13H,2,12H2,1,3-4H3. The first kappa shape index (κ1) is 14.1. The normalized spacial score (nSPS) is 11.3. The van der Waals surface area contributed by atoms with Crippen LogP contribution in [0.5, 0.6) is 11.5 Å². The Labute approximate surface area is 109 Å². The summed E-state index contributed by atoms with van der Waals surface area (Å²) in [6.45, 7) is 7.90. The van der Waals surface area contributed by atoms with Gasteiger partial charge in [0.25, 0.3) is 0 Å². The van der Waals surface area contributed by atoms with E-state index in [4.69, 9.17) is 9.57 Å². The molecule has 96 valence electrons. The second kappa shape index (κ2) is 7.41. The molecule has 0 aliphatic heterocycles. The molecule has 3 heteroatoms. The minimum Gasteiger partial charge on any atom is -0.490 e. The first-order chi connectivity index (χ1) is 8.67. The molecule has 0 aromatic heterocycles. The highest BCUT2D eigenvalue weighted by Crippen LogP contribution is 2.18. The lowest BCUT2D eigenvalue weighted by atomic mass is 10.3. The molecular formula is C15H19NO2. The SMILES string of the molecule is C=CCOc1ccc(ON(C)C(C)C#CC)cc1. The van der Waals surface area contributed by atoms with E-state index >= 15 is 0 Å². The Morgan fingerprint density at radius 3 is 2.50 bits per heavy atom. The second-order valence-corrected chi connectivity index (χ2v) is 3.78. The van der Waals surface area contributed by atoms with Crippen molar-refractivity contribution in [2.45, 2.75) is 19.9 Å². The summed E-state index contributed by atoms with van der Waals surface area (Å²) in [5.74, 6) is 7.44. The Bertz CT molecular complexity index is 428. The monoisotopic (exact) mass is 245 g/mol. The van der Waals surface area contributed by atoms with Gasteiger partial charge in [-0.15, -0.1) is 11.0 Å². The fraction of sp³-hybridized carbons (Fsp3) is 0.333. The number of hydroxylamine groups is 2. The maximum absolute atomic E-state index is 5.64. The van der Waals surface area contributed by atoms with Gasteiger partial charge in [0.2, 0.25) is 0 Å². The van der Waals surface area contributed by atoms with E-state index < -0.39 is 0 Å². The molecule has 1 unspecified atom stereocenters. The summed E-state index contributed by atoms with van der Waals surface area (Å²) in [5.41, 5.74) is 0. The van der Waals surface area contributed by atoms with Crippen molar-refractivity contribution in [3.05, 3.63) is 36.9 Å². The van der Waals surface area contributed by atoms with Crippen LogP contribution >= 0.6 is 0 Å². The third-order valence-corrected chi connectivity index (χ3v) is 2.34. The molecular weight excluding hydrogens is 226 g/mol. The Morgan fingerprint density at radius 2 is 1.94 bits per heavy atom. The van der Waals surface area contributed by atoms with Gasteiger partial charge < -0.3 is 9.57 Å². The van der Waals surface area contributed by atoms with Crippen molar-refractivity contribution >= 4 is 0 Å². The molecule has 0 spiro atoms. The van der Waals surface area contributed by atoms with E-state index in [1.54, 1.807) is 11.1 Å². The van der Waals surface area contributed by atoms with Gasteiger partial charge in [0, 0.05) is 7.05 Å². The van der Waals surface area contributed by atoms with Crippen molar-refractivity contribution < 1.29 is 9.57 Å². The molecule has 0 amide bonds. The highest BCUT2D eigenvalue weighted by Gasteiger charge is 2.07. The van der Waals surface area contributed by atoms with Crippen LogP contribution in [0.15, 0.2) is 36.9 Å². The molecule has 1 aromatic carbocycles. The number of ether oxygens (including phenoxy) is 1. The van der Waals surface area contributed by atoms with E-state index in [0.717, 1.165) is 11.5 Å². The summed E-state index contributed by atoms with van der Waals surface area (Å²) in [5, 5.41) is 1.72. The van der Waals surface area contributed by atoms with Gasteiger partial charge in [-0.05, 0) is 38.1 Å². The minimum atomic E-state index is 0.0479. The van der Waals surface area contributed by atoms with Crippen LogP contribution < -0.4 is 9.57 Å². The number of benzene rings is 1. The third-order valence-electron chi connectivity index (χ3n) is 2.34. The molecule has 3 nitrogen and oxygen atoms in total. The van der Waals surface area contributed by atoms with Gasteiger partial charge in [0.1, 0.15) is 24.1 Å². The number of hydrogen-bond donors (Lipinski definition) is 0. The fourth-order valence-corrected chi connectivity index (χ4v) is 1.30. The highest BCUT2D eigenvalue weighted by atomic mass is 16.7. The van der Waals surface area contributed by atoms with Crippen LogP contribution in [-0.2, 0) is 0 Å². The van der Waals surface area contributed by atoms with Gasteiger partial charge >= 0.3 is 0 Å². The van der Waals surface area contributed by atoms with Gasteiger partial charge in [-0.25, -0.2) is 0 Å². The number of nitrogens with zero attached hydrogens (tertiary/aromatic N) is 1. The predicted octanol–water partition coefficient (Wildman–Crippen LogP) is 2.89. The molecule has 0 saturated carbocycles. The van der Waals surface area contributed by atoms with Gasteiger partial charge in [-0.3, -0.25) is 0 Å². The molecule has 0 aliphatic rings. The quantitative estimate of drug-likeness (QED) is 0.437. The van der Waals surface area contributed by atoms with Crippen molar-refractivity contribution in [2.75, 3.05) is 13.7 Å². The van der Waals surface area contributed by atoms with Crippen molar-refractivity contribution in [2.24, 2.45) is 0 Å². The van der Waals surface area contributed by atoms with Gasteiger partial charge in [-0.1, -0.05) is 18.6 Å². The number of hydrogen-bond acceptors (Lipinski definition) is 3. The van der Waals surface area contributed by atoms with Crippen LogP contribution in [-0.4, -0.2) is 24.8 Å². The van der Waals surface area contributed by atoms with E-state index in [1.807, 2.05) is 45.2 Å². The fourth-order valence-electron chi connectivity index (χ4n) is 1.30. The molecule has 0 N–H and O–H groups in total. The van der Waals surface area contributed by atoms with Crippen molar-refractivity contribution in [1.82, 2.24) is 5.06 Å². The van der Waals surface area contributed by atoms with E-state index in [1.165, 1.54) is 0 Å². The van der Waals surface area contributed by atoms with Crippen LogP contribution in [0.3, 0.4) is 0 Å². The van der Waals surface area contributed by atoms with Gasteiger partial charge in [-0.2, -0.15) is 0 Å². The summed E-state index contributed by atoms with van der Waals surface area (Å²) in [6.07, 6.45) is 1.71. The Balaban J connectivity index is 2.56. The van der Waals surface area contributed by atoms with E-state index in [-0.39, 0.29) is 6.04 Å². The van der Waals surface area contributed by atoms with Crippen molar-refractivity contribution in [3.63, 3.8) is 0 Å². The maximum atomic E-state index is 5.64. The smallest absolute Gasteiger partial charge is 0.147 e. The van der Waals surface area contributed by atoms with Crippen LogP contribution in [0, 0.1) is 11.8 Å². The minimum absolute atomic E-state index is 0.0479.